The van der Waals surface area contributed by atoms with E-state index in [1.807, 2.05) is 30.3 Å². The summed E-state index contributed by atoms with van der Waals surface area (Å²) in [5.74, 6) is -0.224. The van der Waals surface area contributed by atoms with Crippen LogP contribution in [0.1, 0.15) is 24.5 Å². The monoisotopic (exact) mass is 326 g/mol. The van der Waals surface area contributed by atoms with E-state index in [4.69, 9.17) is 5.11 Å². The van der Waals surface area contributed by atoms with Gasteiger partial charge < -0.3 is 15.3 Å². The van der Waals surface area contributed by atoms with Gasteiger partial charge in [-0.1, -0.05) is 42.5 Å². The van der Waals surface area contributed by atoms with Gasteiger partial charge in [-0.2, -0.15) is 0 Å². The zero-order valence-electron chi connectivity index (χ0n) is 13.7. The van der Waals surface area contributed by atoms with Crippen LogP contribution in [0.5, 0.6) is 0 Å². The number of hydrogen-bond acceptors (Lipinski definition) is 3. The molecule has 0 aliphatic carbocycles. The number of carbonyl (C=O) groups excluding carboxylic acids is 2. The smallest absolute Gasteiger partial charge is 0.226 e. The van der Waals surface area contributed by atoms with Crippen LogP contribution in [0.25, 0.3) is 0 Å². The molecule has 2 aromatic rings. The van der Waals surface area contributed by atoms with Gasteiger partial charge in [-0.05, 0) is 23.3 Å². The predicted octanol–water partition coefficient (Wildman–Crippen LogP) is 2.56. The third-order valence-corrected chi connectivity index (χ3v) is 3.66. The number of anilines is 1. The van der Waals surface area contributed by atoms with Crippen molar-refractivity contribution >= 4 is 17.5 Å². The highest BCUT2D eigenvalue weighted by molar-refractivity contribution is 5.91. The van der Waals surface area contributed by atoms with Gasteiger partial charge in [0, 0.05) is 32.1 Å². The van der Waals surface area contributed by atoms with Crippen LogP contribution in [0.4, 0.5) is 5.69 Å². The van der Waals surface area contributed by atoms with Crippen molar-refractivity contribution in [2.24, 2.45) is 0 Å². The van der Waals surface area contributed by atoms with Gasteiger partial charge >= 0.3 is 0 Å². The zero-order valence-corrected chi connectivity index (χ0v) is 13.7. The number of nitrogens with zero attached hydrogens (tertiary/aromatic N) is 1. The second-order valence-electron chi connectivity index (χ2n) is 5.58. The molecule has 0 spiro atoms. The molecule has 0 saturated carbocycles. The topological polar surface area (TPSA) is 69.6 Å². The van der Waals surface area contributed by atoms with Crippen molar-refractivity contribution in [1.82, 2.24) is 4.90 Å². The van der Waals surface area contributed by atoms with Crippen LogP contribution in [0.2, 0.25) is 0 Å². The van der Waals surface area contributed by atoms with E-state index in [9.17, 15) is 9.59 Å². The highest BCUT2D eigenvalue weighted by Crippen LogP contribution is 2.11. The van der Waals surface area contributed by atoms with Crippen molar-refractivity contribution in [2.75, 3.05) is 11.9 Å². The summed E-state index contributed by atoms with van der Waals surface area (Å²) < 4.78 is 0. The molecule has 0 unspecified atom stereocenters. The van der Waals surface area contributed by atoms with Gasteiger partial charge in [0.25, 0.3) is 0 Å². The van der Waals surface area contributed by atoms with E-state index in [1.54, 1.807) is 29.2 Å². The highest BCUT2D eigenvalue weighted by Gasteiger charge is 2.12. The maximum Gasteiger partial charge on any atom is 0.226 e. The summed E-state index contributed by atoms with van der Waals surface area (Å²) in [5.41, 5.74) is 2.41. The summed E-state index contributed by atoms with van der Waals surface area (Å²) in [6.45, 7) is 2.28. The highest BCUT2D eigenvalue weighted by atomic mass is 16.3. The van der Waals surface area contributed by atoms with Crippen molar-refractivity contribution in [3.8, 4) is 0 Å². The molecule has 126 valence electrons. The fraction of sp³-hybridized carbons (Fsp3) is 0.263. The molecule has 2 N–H and O–H groups in total. The zero-order chi connectivity index (χ0) is 17.4. The van der Waals surface area contributed by atoms with E-state index < -0.39 is 0 Å². The average Bonchev–Trinajstić information content (AvgIpc) is 2.59. The Hall–Kier alpha value is -2.66. The van der Waals surface area contributed by atoms with Crippen molar-refractivity contribution in [3.05, 3.63) is 65.7 Å². The summed E-state index contributed by atoms with van der Waals surface area (Å²) >= 11 is 0. The number of aliphatic hydroxyl groups is 1. The summed E-state index contributed by atoms with van der Waals surface area (Å²) in [7, 11) is 0. The number of aliphatic hydroxyl groups excluding tert-OH is 1. The second kappa shape index (κ2) is 8.84. The quantitative estimate of drug-likeness (QED) is 0.821. The Balaban J connectivity index is 1.89. The second-order valence-corrected chi connectivity index (χ2v) is 5.58. The lowest BCUT2D eigenvalue weighted by atomic mass is 10.2. The third kappa shape index (κ3) is 5.52. The molecule has 24 heavy (non-hydrogen) atoms. The number of hydrogen-bond donors (Lipinski definition) is 2. The Morgan fingerprint density at radius 3 is 2.42 bits per heavy atom. The molecular formula is C19H22N2O3. The van der Waals surface area contributed by atoms with Crippen LogP contribution in [0.3, 0.4) is 0 Å². The lowest BCUT2D eigenvalue weighted by Gasteiger charge is -2.21. The largest absolute Gasteiger partial charge is 0.392 e. The van der Waals surface area contributed by atoms with E-state index in [2.05, 4.69) is 5.32 Å². The molecule has 0 aliphatic rings. The molecule has 0 saturated heterocycles. The van der Waals surface area contributed by atoms with Crippen LogP contribution in [-0.4, -0.2) is 28.4 Å². The number of rotatable bonds is 7. The molecule has 5 heteroatoms. The maximum absolute atomic E-state index is 12.1. The molecule has 5 nitrogen and oxygen atoms in total. The molecule has 2 amide bonds. The standard InChI is InChI=1S/C19H22N2O3/c1-15(23)21(13-16-6-3-2-4-7-16)11-10-19(24)20-18-9-5-8-17(12-18)14-22/h2-9,12,22H,10-11,13-14H2,1H3,(H,20,24). The fourth-order valence-corrected chi connectivity index (χ4v) is 2.36. The van der Waals surface area contributed by atoms with Crippen LogP contribution in [-0.2, 0) is 22.7 Å². The number of benzene rings is 2. The lowest BCUT2D eigenvalue weighted by molar-refractivity contribution is -0.129. The Morgan fingerprint density at radius 2 is 1.75 bits per heavy atom. The fourth-order valence-electron chi connectivity index (χ4n) is 2.36. The van der Waals surface area contributed by atoms with E-state index in [0.717, 1.165) is 11.1 Å². The number of nitrogens with one attached hydrogen (secondary N) is 1. The van der Waals surface area contributed by atoms with Gasteiger partial charge in [-0.25, -0.2) is 0 Å². The van der Waals surface area contributed by atoms with E-state index in [0.29, 0.717) is 18.8 Å². The minimum Gasteiger partial charge on any atom is -0.392 e. The van der Waals surface area contributed by atoms with E-state index in [-0.39, 0.29) is 24.8 Å². The Morgan fingerprint density at radius 1 is 1.04 bits per heavy atom. The first kappa shape index (κ1) is 17.7. The van der Waals surface area contributed by atoms with Crippen LogP contribution in [0, 0.1) is 0 Å². The summed E-state index contributed by atoms with van der Waals surface area (Å²) in [6, 6.07) is 16.7. The average molecular weight is 326 g/mol. The van der Waals surface area contributed by atoms with Crippen molar-refractivity contribution in [2.45, 2.75) is 26.5 Å². The molecule has 2 rings (SSSR count). The molecule has 0 aliphatic heterocycles. The van der Waals surface area contributed by atoms with Gasteiger partial charge in [0.15, 0.2) is 0 Å². The lowest BCUT2D eigenvalue weighted by Crippen LogP contribution is -2.31. The maximum atomic E-state index is 12.1. The van der Waals surface area contributed by atoms with Gasteiger partial charge in [0.1, 0.15) is 0 Å². The molecular weight excluding hydrogens is 304 g/mol. The van der Waals surface area contributed by atoms with Crippen LogP contribution >= 0.6 is 0 Å². The van der Waals surface area contributed by atoms with E-state index in [1.165, 1.54) is 6.92 Å². The summed E-state index contributed by atoms with van der Waals surface area (Å²) in [5, 5.41) is 11.9. The number of carbonyl (C=O) groups is 2. The first-order valence-electron chi connectivity index (χ1n) is 7.87. The van der Waals surface area contributed by atoms with Crippen molar-refractivity contribution < 1.29 is 14.7 Å². The first-order chi connectivity index (χ1) is 11.6. The summed E-state index contributed by atoms with van der Waals surface area (Å²) in [6.07, 6.45) is 0.218. The predicted molar refractivity (Wildman–Crippen MR) is 93.1 cm³/mol. The van der Waals surface area contributed by atoms with Crippen LogP contribution < -0.4 is 5.32 Å². The van der Waals surface area contributed by atoms with Gasteiger partial charge in [-0.15, -0.1) is 0 Å². The normalized spacial score (nSPS) is 10.2. The molecule has 0 bridgehead atoms. The summed E-state index contributed by atoms with van der Waals surface area (Å²) in [4.78, 5) is 25.5. The Labute approximate surface area is 141 Å². The third-order valence-electron chi connectivity index (χ3n) is 3.66. The van der Waals surface area contributed by atoms with Gasteiger partial charge in [-0.3, -0.25) is 9.59 Å². The number of amides is 2. The molecule has 2 aromatic carbocycles. The van der Waals surface area contributed by atoms with Gasteiger partial charge in [0.05, 0.1) is 6.61 Å². The molecule has 0 fully saturated rings. The molecule has 0 aromatic heterocycles. The Bertz CT molecular complexity index is 686. The molecule has 0 atom stereocenters. The molecule has 0 heterocycles. The minimum atomic E-state index is -0.163. The SMILES string of the molecule is CC(=O)N(CCC(=O)Nc1cccc(CO)c1)Cc1ccccc1. The first-order valence-corrected chi connectivity index (χ1v) is 7.87. The van der Waals surface area contributed by atoms with Crippen molar-refractivity contribution in [3.63, 3.8) is 0 Å². The molecule has 0 radical (unpaired) electrons. The Kier molecular flexibility index (Phi) is 6.51. The van der Waals surface area contributed by atoms with Gasteiger partial charge in [0.2, 0.25) is 11.8 Å². The minimum absolute atomic E-state index is 0.0612. The van der Waals surface area contributed by atoms with E-state index >= 15 is 0 Å². The van der Waals surface area contributed by atoms with Crippen molar-refractivity contribution in [1.29, 1.82) is 0 Å². The van der Waals surface area contributed by atoms with Crippen LogP contribution in [0.15, 0.2) is 54.6 Å².